The minimum absolute atomic E-state index is 0.349. The molecule has 4 rings (SSSR count). The zero-order valence-corrected chi connectivity index (χ0v) is 15.9. The number of hydrogen-bond acceptors (Lipinski definition) is 3. The van der Waals surface area contributed by atoms with Crippen molar-refractivity contribution in [3.63, 3.8) is 0 Å². The molecule has 0 radical (unpaired) electrons. The molecule has 5 heteroatoms. The average Bonchev–Trinajstić information content (AvgIpc) is 3.24. The number of nitrogens with one attached hydrogen (secondary N) is 1. The van der Waals surface area contributed by atoms with Gasteiger partial charge in [0.25, 0.3) is 0 Å². The van der Waals surface area contributed by atoms with Crippen LogP contribution in [0.4, 0.5) is 0 Å². The van der Waals surface area contributed by atoms with E-state index in [0.29, 0.717) is 12.0 Å². The molecule has 1 unspecified atom stereocenters. The highest BCUT2D eigenvalue weighted by molar-refractivity contribution is 5.80. The third-order valence-electron chi connectivity index (χ3n) is 5.80. The summed E-state index contributed by atoms with van der Waals surface area (Å²) in [4.78, 5) is 7.34. The Hall–Kier alpha value is -1.75. The summed E-state index contributed by atoms with van der Waals surface area (Å²) in [7, 11) is 0. The number of nitrogens with zero attached hydrogens (tertiary/aromatic N) is 2. The quantitative estimate of drug-likeness (QED) is 0.628. The lowest BCUT2D eigenvalue weighted by Crippen LogP contribution is -2.41. The van der Waals surface area contributed by atoms with Crippen LogP contribution in [0.5, 0.6) is 5.75 Å². The summed E-state index contributed by atoms with van der Waals surface area (Å²) in [5, 5.41) is 3.48. The van der Waals surface area contributed by atoms with E-state index in [9.17, 15) is 0 Å². The number of hydrogen-bond donors (Lipinski definition) is 1. The summed E-state index contributed by atoms with van der Waals surface area (Å²) in [5.41, 5.74) is 1.52. The SMILES string of the molecule is CCNC(=NCc1ccccc1OCC1CC1)N1CCC2(CCOC2)C1. The van der Waals surface area contributed by atoms with E-state index in [2.05, 4.69) is 35.3 Å². The van der Waals surface area contributed by atoms with Crippen molar-refractivity contribution in [1.82, 2.24) is 10.2 Å². The molecule has 1 spiro atoms. The summed E-state index contributed by atoms with van der Waals surface area (Å²) in [6, 6.07) is 8.32. The molecule has 1 aliphatic carbocycles. The standard InChI is InChI=1S/C21H31N3O2/c1-2-22-20(24-11-9-21(15-24)10-12-25-16-21)23-13-18-5-3-4-6-19(18)26-14-17-7-8-17/h3-6,17H,2,7-16H2,1H3,(H,22,23). The monoisotopic (exact) mass is 357 g/mol. The molecule has 26 heavy (non-hydrogen) atoms. The molecule has 0 aromatic heterocycles. The van der Waals surface area contributed by atoms with E-state index < -0.39 is 0 Å². The number of ether oxygens (including phenoxy) is 2. The van der Waals surface area contributed by atoms with Gasteiger partial charge in [0.05, 0.1) is 19.8 Å². The van der Waals surface area contributed by atoms with Crippen LogP contribution in [0.25, 0.3) is 0 Å². The highest BCUT2D eigenvalue weighted by Crippen LogP contribution is 2.38. The number of para-hydroxylation sites is 1. The molecule has 1 saturated carbocycles. The Morgan fingerprint density at radius 3 is 3.00 bits per heavy atom. The van der Waals surface area contributed by atoms with Gasteiger partial charge in [0, 0.05) is 37.2 Å². The van der Waals surface area contributed by atoms with Crippen molar-refractivity contribution in [2.75, 3.05) is 39.5 Å². The van der Waals surface area contributed by atoms with Gasteiger partial charge in [-0.2, -0.15) is 0 Å². The van der Waals surface area contributed by atoms with E-state index in [1.807, 2.05) is 6.07 Å². The minimum atomic E-state index is 0.349. The van der Waals surface area contributed by atoms with Crippen molar-refractivity contribution >= 4 is 5.96 Å². The predicted molar refractivity (Wildman–Crippen MR) is 104 cm³/mol. The Bertz CT molecular complexity index is 636. The second-order valence-electron chi connectivity index (χ2n) is 8.01. The Balaban J connectivity index is 1.43. The molecule has 1 N–H and O–H groups in total. The topological polar surface area (TPSA) is 46.1 Å². The van der Waals surface area contributed by atoms with Gasteiger partial charge >= 0.3 is 0 Å². The molecular formula is C21H31N3O2. The highest BCUT2D eigenvalue weighted by atomic mass is 16.5. The lowest BCUT2D eigenvalue weighted by molar-refractivity contribution is 0.156. The summed E-state index contributed by atoms with van der Waals surface area (Å²) in [6.07, 6.45) is 5.01. The van der Waals surface area contributed by atoms with E-state index in [1.165, 1.54) is 31.2 Å². The molecule has 3 aliphatic rings. The molecule has 1 atom stereocenters. The number of rotatable bonds is 6. The maximum atomic E-state index is 6.04. The summed E-state index contributed by atoms with van der Waals surface area (Å²) in [5.74, 6) is 2.77. The summed E-state index contributed by atoms with van der Waals surface area (Å²) in [6.45, 7) is 8.45. The van der Waals surface area contributed by atoms with Crippen LogP contribution in [-0.2, 0) is 11.3 Å². The first kappa shape index (κ1) is 17.7. The van der Waals surface area contributed by atoms with Crippen LogP contribution in [0.1, 0.15) is 38.2 Å². The fourth-order valence-electron chi connectivity index (χ4n) is 3.94. The third-order valence-corrected chi connectivity index (χ3v) is 5.80. The van der Waals surface area contributed by atoms with Crippen molar-refractivity contribution in [2.45, 2.75) is 39.2 Å². The summed E-state index contributed by atoms with van der Waals surface area (Å²) < 4.78 is 11.7. The molecular weight excluding hydrogens is 326 g/mol. The number of benzene rings is 1. The van der Waals surface area contributed by atoms with Gasteiger partial charge in [-0.25, -0.2) is 4.99 Å². The normalized spacial score (nSPS) is 25.9. The van der Waals surface area contributed by atoms with Crippen molar-refractivity contribution in [3.05, 3.63) is 29.8 Å². The van der Waals surface area contributed by atoms with Crippen LogP contribution in [0.2, 0.25) is 0 Å². The molecule has 2 heterocycles. The second-order valence-corrected chi connectivity index (χ2v) is 8.01. The largest absolute Gasteiger partial charge is 0.493 e. The van der Waals surface area contributed by atoms with Gasteiger partial charge in [-0.05, 0) is 44.6 Å². The van der Waals surface area contributed by atoms with Crippen LogP contribution in [0.3, 0.4) is 0 Å². The molecule has 2 saturated heterocycles. The van der Waals surface area contributed by atoms with Crippen LogP contribution in [0.15, 0.2) is 29.3 Å². The third kappa shape index (κ3) is 4.14. The Labute approximate surface area is 156 Å². The average molecular weight is 357 g/mol. The first-order valence-corrected chi connectivity index (χ1v) is 10.1. The van der Waals surface area contributed by atoms with E-state index in [-0.39, 0.29) is 0 Å². The predicted octanol–water partition coefficient (Wildman–Crippen LogP) is 3.05. The van der Waals surface area contributed by atoms with E-state index in [4.69, 9.17) is 14.5 Å². The first-order chi connectivity index (χ1) is 12.8. The first-order valence-electron chi connectivity index (χ1n) is 10.1. The lowest BCUT2D eigenvalue weighted by Gasteiger charge is -2.25. The van der Waals surface area contributed by atoms with Crippen molar-refractivity contribution in [1.29, 1.82) is 0 Å². The van der Waals surface area contributed by atoms with Gasteiger partial charge in [0.2, 0.25) is 0 Å². The maximum absolute atomic E-state index is 6.04. The van der Waals surface area contributed by atoms with Gasteiger partial charge in [-0.1, -0.05) is 18.2 Å². The van der Waals surface area contributed by atoms with Gasteiger partial charge in [0.1, 0.15) is 5.75 Å². The fourth-order valence-corrected chi connectivity index (χ4v) is 3.94. The van der Waals surface area contributed by atoms with Crippen LogP contribution in [0, 0.1) is 11.3 Å². The number of guanidine groups is 1. The minimum Gasteiger partial charge on any atom is -0.493 e. The molecule has 142 valence electrons. The van der Waals surface area contributed by atoms with Crippen LogP contribution >= 0.6 is 0 Å². The number of aliphatic imine (C=N–C) groups is 1. The molecule has 2 aliphatic heterocycles. The molecule has 0 bridgehead atoms. The summed E-state index contributed by atoms with van der Waals surface area (Å²) >= 11 is 0. The van der Waals surface area contributed by atoms with Gasteiger partial charge in [0.15, 0.2) is 5.96 Å². The highest BCUT2D eigenvalue weighted by Gasteiger charge is 2.42. The Kier molecular flexibility index (Phi) is 5.34. The van der Waals surface area contributed by atoms with E-state index in [1.54, 1.807) is 0 Å². The van der Waals surface area contributed by atoms with E-state index in [0.717, 1.165) is 57.1 Å². The maximum Gasteiger partial charge on any atom is 0.194 e. The molecule has 0 amide bonds. The Morgan fingerprint density at radius 1 is 1.35 bits per heavy atom. The number of likely N-dealkylation sites (tertiary alicyclic amines) is 1. The zero-order valence-electron chi connectivity index (χ0n) is 15.9. The van der Waals surface area contributed by atoms with Crippen LogP contribution < -0.4 is 10.1 Å². The lowest BCUT2D eigenvalue weighted by atomic mass is 9.87. The fraction of sp³-hybridized carbons (Fsp3) is 0.667. The van der Waals surface area contributed by atoms with Crippen molar-refractivity contribution < 1.29 is 9.47 Å². The van der Waals surface area contributed by atoms with Gasteiger partial charge in [-0.3, -0.25) is 0 Å². The molecule has 1 aromatic carbocycles. The molecule has 1 aromatic rings. The smallest absolute Gasteiger partial charge is 0.194 e. The van der Waals surface area contributed by atoms with Gasteiger partial charge in [-0.15, -0.1) is 0 Å². The molecule has 3 fully saturated rings. The van der Waals surface area contributed by atoms with Crippen molar-refractivity contribution in [3.8, 4) is 5.75 Å². The Morgan fingerprint density at radius 2 is 2.23 bits per heavy atom. The van der Waals surface area contributed by atoms with Gasteiger partial charge < -0.3 is 19.7 Å². The van der Waals surface area contributed by atoms with Crippen LogP contribution in [-0.4, -0.2) is 50.3 Å². The zero-order chi connectivity index (χ0) is 17.8. The molecule has 5 nitrogen and oxygen atoms in total. The second kappa shape index (κ2) is 7.87. The van der Waals surface area contributed by atoms with Crippen molar-refractivity contribution in [2.24, 2.45) is 16.3 Å². The van der Waals surface area contributed by atoms with E-state index >= 15 is 0 Å².